The van der Waals surface area contributed by atoms with Crippen LogP contribution in [0.4, 0.5) is 0 Å². The highest BCUT2D eigenvalue weighted by Crippen LogP contribution is 1.81. The Morgan fingerprint density at radius 2 is 2.38 bits per heavy atom. The van der Waals surface area contributed by atoms with E-state index in [-0.39, 0.29) is 0 Å². The number of hydrogen-bond acceptors (Lipinski definition) is 3. The molecule has 0 fully saturated rings. The molecule has 4 heteroatoms. The van der Waals surface area contributed by atoms with Crippen molar-refractivity contribution in [3.63, 3.8) is 0 Å². The maximum Gasteiger partial charge on any atom is 0.261 e. The second-order valence-electron chi connectivity index (χ2n) is 0.991. The smallest absolute Gasteiger partial charge is 0.261 e. The predicted octanol–water partition coefficient (Wildman–Crippen LogP) is -0.0423. The van der Waals surface area contributed by atoms with Crippen molar-refractivity contribution in [3.05, 3.63) is 0 Å². The lowest BCUT2D eigenvalue weighted by atomic mass is 10.9. The van der Waals surface area contributed by atoms with Crippen molar-refractivity contribution in [2.75, 3.05) is 13.7 Å². The number of carbonyl (C=O) groups excluding carboxylic acids is 1. The number of carbonyl (C=O) groups is 1. The van der Waals surface area contributed by atoms with Crippen LogP contribution in [0.1, 0.15) is 6.92 Å². The molecule has 0 aliphatic carbocycles. The van der Waals surface area contributed by atoms with Crippen molar-refractivity contribution in [3.8, 4) is 0 Å². The van der Waals surface area contributed by atoms with Crippen LogP contribution in [0.25, 0.3) is 0 Å². The molecule has 0 aromatic carbocycles. The zero-order valence-electron chi connectivity index (χ0n) is 4.96. The lowest BCUT2D eigenvalue weighted by Gasteiger charge is -2.09. The molecule has 0 bridgehead atoms. The Kier molecular flexibility index (Phi) is 4.20. The van der Waals surface area contributed by atoms with Crippen molar-refractivity contribution in [1.29, 1.82) is 0 Å². The maximum atomic E-state index is 9.80. The Bertz CT molecular complexity index is 66.3. The monoisotopic (exact) mass is 119 g/mol. The van der Waals surface area contributed by atoms with Crippen molar-refractivity contribution in [2.24, 2.45) is 0 Å². The molecule has 8 heavy (non-hydrogen) atoms. The van der Waals surface area contributed by atoms with Gasteiger partial charge in [-0.1, -0.05) is 5.23 Å². The Morgan fingerprint density at radius 3 is 2.50 bits per heavy atom. The summed E-state index contributed by atoms with van der Waals surface area (Å²) in [7, 11) is 1.35. The first kappa shape index (κ1) is 7.39. The second kappa shape index (κ2) is 4.55. The van der Waals surface area contributed by atoms with Gasteiger partial charge in [-0.05, 0) is 6.92 Å². The molecule has 0 saturated heterocycles. The van der Waals surface area contributed by atoms with E-state index in [0.29, 0.717) is 13.0 Å². The molecule has 0 rings (SSSR count). The molecule has 4 nitrogen and oxygen atoms in total. The maximum absolute atomic E-state index is 9.80. The fourth-order valence-corrected chi connectivity index (χ4v) is 0.253. The van der Waals surface area contributed by atoms with Gasteiger partial charge < -0.3 is 0 Å². The largest absolute Gasteiger partial charge is 0.274 e. The summed E-state index contributed by atoms with van der Waals surface area (Å²) in [4.78, 5) is 18.8. The molecule has 0 atom stereocenters. The molecule has 0 aromatic rings. The van der Waals surface area contributed by atoms with Crippen molar-refractivity contribution >= 4 is 6.41 Å². The van der Waals surface area contributed by atoms with E-state index in [1.54, 1.807) is 6.92 Å². The summed E-state index contributed by atoms with van der Waals surface area (Å²) in [5, 5.41) is 0.750. The Balaban J connectivity index is 3.21. The van der Waals surface area contributed by atoms with Gasteiger partial charge in [0.15, 0.2) is 0 Å². The predicted molar refractivity (Wildman–Crippen MR) is 26.5 cm³/mol. The summed E-state index contributed by atoms with van der Waals surface area (Å²) < 4.78 is 0. The van der Waals surface area contributed by atoms with Gasteiger partial charge in [0.2, 0.25) is 0 Å². The van der Waals surface area contributed by atoms with Gasteiger partial charge in [0, 0.05) is 0 Å². The first-order chi connectivity index (χ1) is 3.85. The third kappa shape index (κ3) is 2.54. The van der Waals surface area contributed by atoms with Gasteiger partial charge in [0.05, 0.1) is 13.7 Å². The van der Waals surface area contributed by atoms with Crippen LogP contribution in [0.15, 0.2) is 0 Å². The minimum Gasteiger partial charge on any atom is -0.274 e. The van der Waals surface area contributed by atoms with E-state index in [2.05, 4.69) is 9.68 Å². The van der Waals surface area contributed by atoms with Gasteiger partial charge in [-0.15, -0.1) is 0 Å². The van der Waals surface area contributed by atoms with Crippen molar-refractivity contribution in [1.82, 2.24) is 5.23 Å². The number of hydrogen-bond donors (Lipinski definition) is 0. The van der Waals surface area contributed by atoms with E-state index >= 15 is 0 Å². The third-order valence-electron chi connectivity index (χ3n) is 0.522. The van der Waals surface area contributed by atoms with E-state index in [1.165, 1.54) is 7.11 Å². The molecular weight excluding hydrogens is 110 g/mol. The number of nitrogens with zero attached hydrogens (tertiary/aromatic N) is 1. The zero-order chi connectivity index (χ0) is 6.41. The molecule has 0 unspecified atom stereocenters. The van der Waals surface area contributed by atoms with Crippen LogP contribution in [-0.2, 0) is 14.5 Å². The molecule has 0 heterocycles. The van der Waals surface area contributed by atoms with Crippen LogP contribution in [0.5, 0.6) is 0 Å². The van der Waals surface area contributed by atoms with Gasteiger partial charge in [-0.2, -0.15) is 0 Å². The van der Waals surface area contributed by atoms with E-state index in [4.69, 9.17) is 0 Å². The standard InChI is InChI=1S/C4H9NO3/c1-3-8-5(4-6)7-2/h4H,3H2,1-2H3. The van der Waals surface area contributed by atoms with Gasteiger partial charge >= 0.3 is 0 Å². The second-order valence-corrected chi connectivity index (χ2v) is 0.991. The highest BCUT2D eigenvalue weighted by atomic mass is 16.9. The highest BCUT2D eigenvalue weighted by molar-refractivity contribution is 5.42. The molecule has 0 aliphatic rings. The van der Waals surface area contributed by atoms with Crippen LogP contribution in [0.3, 0.4) is 0 Å². The van der Waals surface area contributed by atoms with Crippen LogP contribution in [0, 0.1) is 0 Å². The summed E-state index contributed by atoms with van der Waals surface area (Å²) in [5.74, 6) is 0. The van der Waals surface area contributed by atoms with Crippen LogP contribution in [0.2, 0.25) is 0 Å². The van der Waals surface area contributed by atoms with Crippen molar-refractivity contribution in [2.45, 2.75) is 6.92 Å². The molecule has 0 aromatic heterocycles. The molecule has 1 amide bonds. The Hall–Kier alpha value is -0.610. The summed E-state index contributed by atoms with van der Waals surface area (Å²) in [6.45, 7) is 2.18. The first-order valence-electron chi connectivity index (χ1n) is 2.26. The summed E-state index contributed by atoms with van der Waals surface area (Å²) in [6, 6.07) is 0. The molecule has 0 spiro atoms. The van der Waals surface area contributed by atoms with Crippen LogP contribution < -0.4 is 0 Å². The topological polar surface area (TPSA) is 38.8 Å². The Morgan fingerprint density at radius 1 is 1.75 bits per heavy atom. The van der Waals surface area contributed by atoms with E-state index in [9.17, 15) is 4.79 Å². The van der Waals surface area contributed by atoms with Crippen molar-refractivity contribution < 1.29 is 14.5 Å². The fourth-order valence-electron chi connectivity index (χ4n) is 0.253. The minimum absolute atomic E-state index is 0.423. The average Bonchev–Trinajstić information content (AvgIpc) is 1.83. The quantitative estimate of drug-likeness (QED) is 0.385. The number of hydroxylamine groups is 2. The first-order valence-corrected chi connectivity index (χ1v) is 2.26. The number of amides is 1. The fraction of sp³-hybridized carbons (Fsp3) is 0.750. The van der Waals surface area contributed by atoms with E-state index in [0.717, 1.165) is 5.23 Å². The van der Waals surface area contributed by atoms with Crippen LogP contribution >= 0.6 is 0 Å². The molecule has 0 N–H and O–H groups in total. The summed E-state index contributed by atoms with van der Waals surface area (Å²) in [5.41, 5.74) is 0. The zero-order valence-corrected chi connectivity index (χ0v) is 4.96. The normalized spacial score (nSPS) is 8.75. The third-order valence-corrected chi connectivity index (χ3v) is 0.522. The molecule has 0 aliphatic heterocycles. The average molecular weight is 119 g/mol. The van der Waals surface area contributed by atoms with Crippen LogP contribution in [-0.4, -0.2) is 25.4 Å². The minimum atomic E-state index is 0.423. The lowest BCUT2D eigenvalue weighted by molar-refractivity contribution is -0.318. The van der Waals surface area contributed by atoms with Gasteiger partial charge in [-0.25, -0.2) is 9.68 Å². The summed E-state index contributed by atoms with van der Waals surface area (Å²) in [6.07, 6.45) is 0.448. The van der Waals surface area contributed by atoms with E-state index in [1.807, 2.05) is 0 Å². The molecule has 0 radical (unpaired) electrons. The SMILES string of the molecule is CCON(C=O)OC. The van der Waals surface area contributed by atoms with Gasteiger partial charge in [0.1, 0.15) is 0 Å². The molecule has 48 valence electrons. The number of rotatable bonds is 4. The van der Waals surface area contributed by atoms with E-state index < -0.39 is 0 Å². The van der Waals surface area contributed by atoms with Gasteiger partial charge in [-0.3, -0.25) is 4.79 Å². The molecular formula is C4H9NO3. The molecule has 0 saturated carbocycles. The Labute approximate surface area is 47.9 Å². The summed E-state index contributed by atoms with van der Waals surface area (Å²) >= 11 is 0. The van der Waals surface area contributed by atoms with Gasteiger partial charge in [0.25, 0.3) is 6.41 Å². The highest BCUT2D eigenvalue weighted by Gasteiger charge is 1.93. The lowest BCUT2D eigenvalue weighted by Crippen LogP contribution is -2.20.